The first-order valence-electron chi connectivity index (χ1n) is 9.72. The normalized spacial score (nSPS) is 13.3. The summed E-state index contributed by atoms with van der Waals surface area (Å²) in [6, 6.07) is 13.8. The molecule has 150 valence electrons. The molecule has 0 atom stereocenters. The van der Waals surface area contributed by atoms with Crippen LogP contribution in [-0.4, -0.2) is 22.0 Å². The average molecular weight is 394 g/mol. The molecule has 0 N–H and O–H groups in total. The molecule has 3 aromatic rings. The summed E-state index contributed by atoms with van der Waals surface area (Å²) in [5.74, 6) is 1.03. The minimum Gasteiger partial charge on any atom is -0.489 e. The lowest BCUT2D eigenvalue weighted by Gasteiger charge is -2.23. The number of nitrogens with zero attached hydrogens (tertiary/aromatic N) is 2. The Morgan fingerprint density at radius 1 is 1.17 bits per heavy atom. The third kappa shape index (κ3) is 4.31. The second kappa shape index (κ2) is 8.07. The molecule has 5 nitrogen and oxygen atoms in total. The van der Waals surface area contributed by atoms with Gasteiger partial charge >= 0.3 is 0 Å². The van der Waals surface area contributed by atoms with Crippen molar-refractivity contribution in [1.29, 1.82) is 0 Å². The number of aromatic nitrogens is 1. The van der Waals surface area contributed by atoms with Gasteiger partial charge in [-0.25, -0.2) is 4.39 Å². The Morgan fingerprint density at radius 2 is 1.90 bits per heavy atom. The molecule has 0 bridgehead atoms. The second-order valence-electron chi connectivity index (χ2n) is 7.37. The van der Waals surface area contributed by atoms with Crippen LogP contribution in [0.5, 0.6) is 5.75 Å². The lowest BCUT2D eigenvalue weighted by molar-refractivity contribution is 0.0728. The molecule has 29 heavy (non-hydrogen) atoms. The van der Waals surface area contributed by atoms with Crippen molar-refractivity contribution < 1.29 is 18.4 Å². The molecule has 1 saturated carbocycles. The van der Waals surface area contributed by atoms with Gasteiger partial charge in [-0.1, -0.05) is 23.4 Å². The first-order chi connectivity index (χ1) is 14.0. The van der Waals surface area contributed by atoms with Gasteiger partial charge in [0.1, 0.15) is 23.9 Å². The van der Waals surface area contributed by atoms with Gasteiger partial charge in [-0.2, -0.15) is 0 Å². The minimum atomic E-state index is -0.283. The average Bonchev–Trinajstić information content (AvgIpc) is 3.52. The van der Waals surface area contributed by atoms with E-state index in [1.165, 1.54) is 6.07 Å². The zero-order valence-electron chi connectivity index (χ0n) is 16.5. The van der Waals surface area contributed by atoms with Crippen molar-refractivity contribution in [2.75, 3.05) is 0 Å². The number of benzene rings is 2. The van der Waals surface area contributed by atoms with Gasteiger partial charge in [-0.3, -0.25) is 4.79 Å². The van der Waals surface area contributed by atoms with Crippen LogP contribution in [0, 0.1) is 19.7 Å². The number of hydrogen-bond acceptors (Lipinski definition) is 4. The van der Waals surface area contributed by atoms with Crippen molar-refractivity contribution in [3.8, 4) is 5.75 Å². The van der Waals surface area contributed by atoms with E-state index in [0.29, 0.717) is 23.5 Å². The molecule has 1 aliphatic carbocycles. The molecule has 4 rings (SSSR count). The maximum Gasteiger partial charge on any atom is 0.254 e. The molecular formula is C23H23FN2O3. The van der Waals surface area contributed by atoms with Gasteiger partial charge < -0.3 is 14.2 Å². The molecule has 1 amide bonds. The number of hydrogen-bond donors (Lipinski definition) is 0. The van der Waals surface area contributed by atoms with E-state index < -0.39 is 0 Å². The van der Waals surface area contributed by atoms with Gasteiger partial charge in [-0.15, -0.1) is 0 Å². The highest BCUT2D eigenvalue weighted by Crippen LogP contribution is 2.30. The molecule has 1 aliphatic rings. The Morgan fingerprint density at radius 3 is 2.52 bits per heavy atom. The SMILES string of the molecule is Cc1noc(C)c1COc1ccc(C(=O)N(Cc2ccccc2F)C2CC2)cc1. The third-order valence-electron chi connectivity index (χ3n) is 5.21. The largest absolute Gasteiger partial charge is 0.489 e. The van der Waals surface area contributed by atoms with Crippen molar-refractivity contribution in [3.05, 3.63) is 82.5 Å². The predicted molar refractivity (Wildman–Crippen MR) is 106 cm³/mol. The maximum atomic E-state index is 14.0. The standard InChI is InChI=1S/C23H23FN2O3/c1-15-21(16(2)29-25-15)14-28-20-11-7-17(8-12-20)23(27)26(19-9-10-19)13-18-5-3-4-6-22(18)24/h3-8,11-12,19H,9-10,13-14H2,1-2H3. The fraction of sp³-hybridized carbons (Fsp3) is 0.304. The second-order valence-corrected chi connectivity index (χ2v) is 7.37. The zero-order chi connectivity index (χ0) is 20.4. The summed E-state index contributed by atoms with van der Waals surface area (Å²) in [5, 5.41) is 3.92. The van der Waals surface area contributed by atoms with E-state index in [1.807, 2.05) is 13.8 Å². The Kier molecular flexibility index (Phi) is 5.34. The van der Waals surface area contributed by atoms with Gasteiger partial charge in [0.05, 0.1) is 11.3 Å². The Bertz CT molecular complexity index is 990. The molecule has 0 radical (unpaired) electrons. The van der Waals surface area contributed by atoms with E-state index in [0.717, 1.165) is 29.9 Å². The predicted octanol–water partition coefficient (Wildman–Crippen LogP) is 4.81. The number of ether oxygens (including phenoxy) is 1. The van der Waals surface area contributed by atoms with Crippen LogP contribution in [0.15, 0.2) is 53.1 Å². The van der Waals surface area contributed by atoms with E-state index in [1.54, 1.807) is 47.4 Å². The summed E-state index contributed by atoms with van der Waals surface area (Å²) in [7, 11) is 0. The summed E-state index contributed by atoms with van der Waals surface area (Å²) in [5.41, 5.74) is 2.84. The van der Waals surface area contributed by atoms with Crippen molar-refractivity contribution in [2.24, 2.45) is 0 Å². The Labute approximate surface area is 169 Å². The summed E-state index contributed by atoms with van der Waals surface area (Å²) in [6.07, 6.45) is 1.91. The molecule has 1 aromatic heterocycles. The fourth-order valence-corrected chi connectivity index (χ4v) is 3.29. The van der Waals surface area contributed by atoms with Crippen LogP contribution >= 0.6 is 0 Å². The third-order valence-corrected chi connectivity index (χ3v) is 5.21. The van der Waals surface area contributed by atoms with Crippen molar-refractivity contribution >= 4 is 5.91 Å². The highest BCUT2D eigenvalue weighted by atomic mass is 19.1. The van der Waals surface area contributed by atoms with Crippen LogP contribution in [0.25, 0.3) is 0 Å². The van der Waals surface area contributed by atoms with E-state index in [2.05, 4.69) is 5.16 Å². The lowest BCUT2D eigenvalue weighted by atomic mass is 10.1. The minimum absolute atomic E-state index is 0.0898. The molecule has 0 unspecified atom stereocenters. The summed E-state index contributed by atoms with van der Waals surface area (Å²) >= 11 is 0. The van der Waals surface area contributed by atoms with E-state index in [-0.39, 0.29) is 24.3 Å². The Balaban J connectivity index is 1.44. The van der Waals surface area contributed by atoms with E-state index in [9.17, 15) is 9.18 Å². The molecule has 0 aliphatic heterocycles. The molecule has 1 heterocycles. The fourth-order valence-electron chi connectivity index (χ4n) is 3.29. The molecule has 0 spiro atoms. The zero-order valence-corrected chi connectivity index (χ0v) is 16.5. The monoisotopic (exact) mass is 394 g/mol. The number of amides is 1. The number of aryl methyl sites for hydroxylation is 2. The van der Waals surface area contributed by atoms with E-state index in [4.69, 9.17) is 9.26 Å². The van der Waals surface area contributed by atoms with Gasteiger partial charge in [0, 0.05) is 23.7 Å². The smallest absolute Gasteiger partial charge is 0.254 e. The summed E-state index contributed by atoms with van der Waals surface area (Å²) in [6.45, 7) is 4.36. The number of carbonyl (C=O) groups is 1. The highest BCUT2D eigenvalue weighted by molar-refractivity contribution is 5.94. The van der Waals surface area contributed by atoms with Gasteiger partial charge in [-0.05, 0) is 57.0 Å². The van der Waals surface area contributed by atoms with Crippen molar-refractivity contribution in [2.45, 2.75) is 45.9 Å². The van der Waals surface area contributed by atoms with Crippen molar-refractivity contribution in [3.63, 3.8) is 0 Å². The summed E-state index contributed by atoms with van der Waals surface area (Å²) < 4.78 is 25.0. The van der Waals surface area contributed by atoms with Crippen LogP contribution in [-0.2, 0) is 13.2 Å². The topological polar surface area (TPSA) is 55.6 Å². The van der Waals surface area contributed by atoms with Gasteiger partial charge in [0.2, 0.25) is 0 Å². The van der Waals surface area contributed by atoms with Crippen LogP contribution in [0.2, 0.25) is 0 Å². The highest BCUT2D eigenvalue weighted by Gasteiger charge is 2.33. The quantitative estimate of drug-likeness (QED) is 0.577. The first-order valence-corrected chi connectivity index (χ1v) is 9.72. The molecule has 1 fully saturated rings. The van der Waals surface area contributed by atoms with Crippen LogP contribution in [0.4, 0.5) is 4.39 Å². The van der Waals surface area contributed by atoms with Crippen molar-refractivity contribution in [1.82, 2.24) is 10.1 Å². The number of halogens is 1. The maximum absolute atomic E-state index is 14.0. The lowest BCUT2D eigenvalue weighted by Crippen LogP contribution is -2.32. The number of carbonyl (C=O) groups excluding carboxylic acids is 1. The molecule has 6 heteroatoms. The van der Waals surface area contributed by atoms with Crippen LogP contribution < -0.4 is 4.74 Å². The molecular weight excluding hydrogens is 371 g/mol. The number of rotatable bonds is 7. The van der Waals surface area contributed by atoms with Gasteiger partial charge in [0.25, 0.3) is 5.91 Å². The molecule has 2 aromatic carbocycles. The van der Waals surface area contributed by atoms with E-state index >= 15 is 0 Å². The molecule has 0 saturated heterocycles. The Hall–Kier alpha value is -3.15. The van der Waals surface area contributed by atoms with Gasteiger partial charge in [0.15, 0.2) is 0 Å². The van der Waals surface area contributed by atoms with Crippen LogP contribution in [0.1, 0.15) is 45.8 Å². The van der Waals surface area contributed by atoms with Crippen LogP contribution in [0.3, 0.4) is 0 Å². The first kappa shape index (κ1) is 19.2. The summed E-state index contributed by atoms with van der Waals surface area (Å²) in [4.78, 5) is 14.8.